The SMILES string of the molecule is C=C(/C(Cl)=C\C=C/C)[C@]1(N(C)C(=O)OC(C)OC(=O)[C@@H](NC(C)=O)C(C)CC)CCCCC1=O. The number of allylic oxidation sites excluding steroid dienone is 3. The molecule has 190 valence electrons. The van der Waals surface area contributed by atoms with E-state index in [1.807, 2.05) is 13.8 Å². The van der Waals surface area contributed by atoms with E-state index >= 15 is 0 Å². The number of ketones is 1. The number of amides is 2. The first-order chi connectivity index (χ1) is 15.9. The molecule has 2 unspecified atom stereocenters. The minimum absolute atomic E-state index is 0.178. The van der Waals surface area contributed by atoms with Gasteiger partial charge in [-0.2, -0.15) is 0 Å². The highest BCUT2D eigenvalue weighted by molar-refractivity contribution is 6.32. The van der Waals surface area contributed by atoms with E-state index in [1.165, 1.54) is 25.8 Å². The van der Waals surface area contributed by atoms with Gasteiger partial charge in [0.15, 0.2) is 5.78 Å². The Labute approximate surface area is 207 Å². The van der Waals surface area contributed by atoms with Crippen molar-refractivity contribution in [3.05, 3.63) is 35.4 Å². The molecule has 0 aromatic carbocycles. The van der Waals surface area contributed by atoms with Crippen LogP contribution < -0.4 is 5.32 Å². The van der Waals surface area contributed by atoms with Gasteiger partial charge in [0.2, 0.25) is 12.2 Å². The van der Waals surface area contributed by atoms with Crippen molar-refractivity contribution < 1.29 is 28.7 Å². The van der Waals surface area contributed by atoms with E-state index < -0.39 is 29.9 Å². The van der Waals surface area contributed by atoms with Gasteiger partial charge in [0, 0.05) is 32.3 Å². The lowest BCUT2D eigenvalue weighted by atomic mass is 9.74. The van der Waals surface area contributed by atoms with Crippen LogP contribution in [0.1, 0.15) is 66.7 Å². The maximum atomic E-state index is 13.1. The van der Waals surface area contributed by atoms with E-state index in [0.717, 1.165) is 0 Å². The molecule has 0 radical (unpaired) electrons. The third kappa shape index (κ3) is 7.19. The van der Waals surface area contributed by atoms with Crippen molar-refractivity contribution >= 4 is 35.4 Å². The summed E-state index contributed by atoms with van der Waals surface area (Å²) < 4.78 is 10.6. The molecule has 2 amide bonds. The quantitative estimate of drug-likeness (QED) is 0.269. The standard InChI is InChI=1S/C25H37ClN2O6/c1-8-10-13-20(26)17(4)25(15-12-11-14-21(25)30)28(7)24(32)34-19(6)33-23(31)22(16(3)9-2)27-18(5)29/h8,10,13,16,19,22H,4,9,11-12,14-15H2,1-3,5-7H3,(H,27,29)/b10-8-,20-13+/t16?,19?,22-,25+/m0/s1. The lowest BCUT2D eigenvalue weighted by Gasteiger charge is -2.43. The highest BCUT2D eigenvalue weighted by Gasteiger charge is 2.49. The number of hydrogen-bond acceptors (Lipinski definition) is 6. The van der Waals surface area contributed by atoms with E-state index in [2.05, 4.69) is 11.9 Å². The number of ether oxygens (including phenoxy) is 2. The zero-order valence-electron chi connectivity index (χ0n) is 21.0. The van der Waals surface area contributed by atoms with Crippen molar-refractivity contribution in [2.45, 2.75) is 84.6 Å². The fourth-order valence-corrected chi connectivity index (χ4v) is 4.12. The summed E-state index contributed by atoms with van der Waals surface area (Å²) in [5.41, 5.74) is -1.05. The van der Waals surface area contributed by atoms with Gasteiger partial charge in [-0.3, -0.25) is 14.5 Å². The largest absolute Gasteiger partial charge is 0.424 e. The predicted molar refractivity (Wildman–Crippen MR) is 131 cm³/mol. The summed E-state index contributed by atoms with van der Waals surface area (Å²) in [6.45, 7) is 12.3. The number of hydrogen-bond donors (Lipinski definition) is 1. The first-order valence-electron chi connectivity index (χ1n) is 11.6. The lowest BCUT2D eigenvalue weighted by Crippen LogP contribution is -2.58. The van der Waals surface area contributed by atoms with Gasteiger partial charge in [0.25, 0.3) is 0 Å². The normalized spacial score (nSPS) is 21.4. The summed E-state index contributed by atoms with van der Waals surface area (Å²) in [4.78, 5) is 51.4. The Hall–Kier alpha value is -2.61. The Morgan fingerprint density at radius 2 is 1.91 bits per heavy atom. The number of nitrogens with zero attached hydrogens (tertiary/aromatic N) is 1. The van der Waals surface area contributed by atoms with Crippen LogP contribution in [-0.4, -0.2) is 53.6 Å². The van der Waals surface area contributed by atoms with Crippen LogP contribution in [0.3, 0.4) is 0 Å². The van der Waals surface area contributed by atoms with Crippen molar-refractivity contribution in [1.29, 1.82) is 0 Å². The smallest absolute Gasteiger partial charge is 0.413 e. The second-order valence-electron chi connectivity index (χ2n) is 8.52. The summed E-state index contributed by atoms with van der Waals surface area (Å²) in [7, 11) is 1.45. The first kappa shape index (κ1) is 29.4. The van der Waals surface area contributed by atoms with Gasteiger partial charge in [-0.15, -0.1) is 0 Å². The van der Waals surface area contributed by atoms with E-state index in [-0.39, 0.29) is 29.1 Å². The molecule has 0 saturated heterocycles. The molecule has 1 saturated carbocycles. The summed E-state index contributed by atoms with van der Waals surface area (Å²) in [6.07, 6.45) is 5.69. The molecule has 1 aliphatic rings. The second-order valence-corrected chi connectivity index (χ2v) is 8.93. The van der Waals surface area contributed by atoms with Gasteiger partial charge < -0.3 is 14.8 Å². The maximum Gasteiger partial charge on any atom is 0.413 e. The van der Waals surface area contributed by atoms with Crippen molar-refractivity contribution in [2.24, 2.45) is 5.92 Å². The van der Waals surface area contributed by atoms with Crippen LogP contribution >= 0.6 is 11.6 Å². The fraction of sp³-hybridized carbons (Fsp3) is 0.600. The molecule has 8 nitrogen and oxygen atoms in total. The van der Waals surface area contributed by atoms with Crippen LogP contribution in [0.4, 0.5) is 4.79 Å². The fourth-order valence-electron chi connectivity index (χ4n) is 3.89. The van der Waals surface area contributed by atoms with Crippen molar-refractivity contribution in [1.82, 2.24) is 10.2 Å². The maximum absolute atomic E-state index is 13.1. The summed E-state index contributed by atoms with van der Waals surface area (Å²) in [5.74, 6) is -1.44. The second kappa shape index (κ2) is 13.3. The highest BCUT2D eigenvalue weighted by Crippen LogP contribution is 2.40. The third-order valence-electron chi connectivity index (χ3n) is 6.10. The minimum Gasteiger partial charge on any atom is -0.424 e. The van der Waals surface area contributed by atoms with Crippen LogP contribution in [0.5, 0.6) is 0 Å². The molecule has 1 fully saturated rings. The predicted octanol–water partition coefficient (Wildman–Crippen LogP) is 4.63. The number of rotatable bonds is 10. The van der Waals surface area contributed by atoms with Crippen molar-refractivity contribution in [2.75, 3.05) is 7.05 Å². The number of Topliss-reactive ketones (excluding diaryl/α,β-unsaturated/α-hetero) is 1. The van der Waals surface area contributed by atoms with Crippen LogP contribution in [0.2, 0.25) is 0 Å². The Bertz CT molecular complexity index is 852. The van der Waals surface area contributed by atoms with Gasteiger partial charge in [-0.25, -0.2) is 9.59 Å². The summed E-state index contributed by atoms with van der Waals surface area (Å²) in [5, 5.41) is 2.84. The Balaban J connectivity index is 3.06. The molecule has 0 aromatic rings. The van der Waals surface area contributed by atoms with Crippen LogP contribution in [0.25, 0.3) is 0 Å². The third-order valence-corrected chi connectivity index (χ3v) is 6.45. The van der Waals surface area contributed by atoms with Gasteiger partial charge in [0.1, 0.15) is 11.6 Å². The molecular formula is C25H37ClN2O6. The number of likely N-dealkylation sites (N-methyl/N-ethyl adjacent to an activating group) is 1. The molecule has 0 spiro atoms. The molecule has 0 heterocycles. The molecule has 4 atom stereocenters. The Morgan fingerprint density at radius 3 is 2.44 bits per heavy atom. The number of carbonyl (C=O) groups is 4. The molecule has 1 N–H and O–H groups in total. The summed E-state index contributed by atoms with van der Waals surface area (Å²) in [6, 6.07) is -0.872. The highest BCUT2D eigenvalue weighted by atomic mass is 35.5. The molecule has 0 aliphatic heterocycles. The molecule has 0 bridgehead atoms. The summed E-state index contributed by atoms with van der Waals surface area (Å²) >= 11 is 6.42. The minimum atomic E-state index is -1.36. The topological polar surface area (TPSA) is 102 Å². The van der Waals surface area contributed by atoms with E-state index in [1.54, 1.807) is 25.2 Å². The molecule has 0 aromatic heterocycles. The number of carbonyl (C=O) groups excluding carboxylic acids is 4. The Kier molecular flexibility index (Phi) is 11.5. The molecule has 34 heavy (non-hydrogen) atoms. The first-order valence-corrected chi connectivity index (χ1v) is 11.9. The van der Waals surface area contributed by atoms with Crippen LogP contribution in [0.15, 0.2) is 35.4 Å². The van der Waals surface area contributed by atoms with Gasteiger partial charge in [-0.1, -0.05) is 50.6 Å². The lowest BCUT2D eigenvalue weighted by molar-refractivity contribution is -0.171. The molecule has 1 rings (SSSR count). The molecule has 9 heteroatoms. The van der Waals surface area contributed by atoms with E-state index in [0.29, 0.717) is 31.3 Å². The monoisotopic (exact) mass is 496 g/mol. The average Bonchev–Trinajstić information content (AvgIpc) is 2.79. The van der Waals surface area contributed by atoms with Gasteiger partial charge in [-0.05, 0) is 43.8 Å². The van der Waals surface area contributed by atoms with Gasteiger partial charge >= 0.3 is 12.1 Å². The number of nitrogens with one attached hydrogen (secondary N) is 1. The van der Waals surface area contributed by atoms with Gasteiger partial charge in [0.05, 0.1) is 0 Å². The average molecular weight is 497 g/mol. The molecular weight excluding hydrogens is 460 g/mol. The van der Waals surface area contributed by atoms with Crippen LogP contribution in [-0.2, 0) is 23.9 Å². The number of halogens is 1. The Morgan fingerprint density at radius 1 is 1.26 bits per heavy atom. The van der Waals surface area contributed by atoms with E-state index in [9.17, 15) is 19.2 Å². The van der Waals surface area contributed by atoms with Crippen LogP contribution in [0, 0.1) is 5.92 Å². The van der Waals surface area contributed by atoms with E-state index in [4.69, 9.17) is 21.1 Å². The number of esters is 1. The molecule has 1 aliphatic carbocycles. The van der Waals surface area contributed by atoms with Crippen molar-refractivity contribution in [3.63, 3.8) is 0 Å². The van der Waals surface area contributed by atoms with Crippen molar-refractivity contribution in [3.8, 4) is 0 Å². The zero-order chi connectivity index (χ0) is 26.1. The zero-order valence-corrected chi connectivity index (χ0v) is 21.7.